The predicted molar refractivity (Wildman–Crippen MR) is 75.2 cm³/mol. The van der Waals surface area contributed by atoms with Crippen molar-refractivity contribution >= 4 is 20.3 Å². The number of aliphatic hydroxyl groups is 1. The fraction of sp³-hybridized carbons (Fsp3) is 1.00. The lowest BCUT2D eigenvalue weighted by Crippen LogP contribution is -2.55. The third-order valence-corrected chi connectivity index (χ3v) is 7.93. The highest BCUT2D eigenvalue weighted by atomic mass is 32.3. The molecule has 4 aliphatic rings. The van der Waals surface area contributed by atoms with Crippen LogP contribution < -0.4 is 0 Å². The van der Waals surface area contributed by atoms with E-state index in [2.05, 4.69) is 0 Å². The minimum atomic E-state index is -6.18. The maximum absolute atomic E-state index is 12.3. The molecule has 4 rings (SSSR count). The van der Waals surface area contributed by atoms with Gasteiger partial charge in [0.1, 0.15) is 0 Å². The summed E-state index contributed by atoms with van der Waals surface area (Å²) in [7, 11) is -11.4. The third-order valence-electron chi connectivity index (χ3n) is 5.36. The zero-order chi connectivity index (χ0) is 18.0. The molecule has 0 saturated heterocycles. The Kier molecular flexibility index (Phi) is 4.23. The summed E-state index contributed by atoms with van der Waals surface area (Å²) in [4.78, 5) is 0. The van der Waals surface area contributed by atoms with Crippen LogP contribution in [0.4, 0.5) is 13.2 Å². The number of aliphatic hydroxyl groups excluding tert-OH is 1. The predicted octanol–water partition coefficient (Wildman–Crippen LogP) is 1.66. The molecular weight excluding hydrogens is 375 g/mol. The Bertz CT molecular complexity index is 704. The lowest BCUT2D eigenvalue weighted by Gasteiger charge is -2.59. The molecule has 0 aromatic rings. The van der Waals surface area contributed by atoms with Crippen molar-refractivity contribution < 1.29 is 39.3 Å². The van der Waals surface area contributed by atoms with Gasteiger partial charge in [-0.3, -0.25) is 4.18 Å². The molecule has 140 valence electrons. The minimum Gasteiger partial charge on any atom is -0.404 e. The molecule has 1 N–H and O–H groups in total. The first-order chi connectivity index (χ1) is 10.9. The smallest absolute Gasteiger partial charge is 0.404 e. The van der Waals surface area contributed by atoms with Gasteiger partial charge in [-0.15, -0.1) is 0 Å². The van der Waals surface area contributed by atoms with E-state index in [1.807, 2.05) is 4.13 Å². The van der Waals surface area contributed by atoms with Gasteiger partial charge in [0, 0.05) is 6.61 Å². The normalized spacial score (nSPS) is 39.3. The zero-order valence-corrected chi connectivity index (χ0v) is 14.1. The Hall–Kier alpha value is -0.430. The fourth-order valence-corrected chi connectivity index (χ4v) is 6.85. The molecule has 7 nitrogen and oxygen atoms in total. The quantitative estimate of drug-likeness (QED) is 0.762. The molecule has 4 bridgehead atoms. The molecule has 0 amide bonds. The number of rotatable bonds is 5. The first-order valence-electron chi connectivity index (χ1n) is 7.46. The van der Waals surface area contributed by atoms with Crippen molar-refractivity contribution in [3.8, 4) is 0 Å². The van der Waals surface area contributed by atoms with Gasteiger partial charge in [-0.1, -0.05) is 0 Å². The van der Waals surface area contributed by atoms with Crippen molar-refractivity contribution in [1.29, 1.82) is 0 Å². The fourth-order valence-electron chi connectivity index (χ4n) is 4.82. The number of nitrogens with zero attached hydrogens (tertiary/aromatic N) is 1. The number of sulfonamides is 1. The summed E-state index contributed by atoms with van der Waals surface area (Å²) >= 11 is 0. The molecule has 4 aliphatic carbocycles. The Labute approximate surface area is 137 Å². The second-order valence-electron chi connectivity index (χ2n) is 7.11. The molecule has 0 spiro atoms. The van der Waals surface area contributed by atoms with Crippen LogP contribution in [0.25, 0.3) is 4.13 Å². The van der Waals surface area contributed by atoms with E-state index in [1.165, 1.54) is 0 Å². The first-order valence-corrected chi connectivity index (χ1v) is 10.3. The summed E-state index contributed by atoms with van der Waals surface area (Å²) in [5.74, 6) is -0.142. The van der Waals surface area contributed by atoms with E-state index in [9.17, 15) is 35.1 Å². The minimum absolute atomic E-state index is 0.0250. The molecule has 4 saturated carbocycles. The molecule has 0 aromatic heterocycles. The highest BCUT2D eigenvalue weighted by molar-refractivity contribution is 8.10. The van der Waals surface area contributed by atoms with Crippen LogP contribution in [0.2, 0.25) is 0 Å². The van der Waals surface area contributed by atoms with E-state index in [4.69, 9.17) is 4.18 Å². The number of halogens is 3. The van der Waals surface area contributed by atoms with Crippen molar-refractivity contribution in [2.45, 2.75) is 43.7 Å². The van der Waals surface area contributed by atoms with Gasteiger partial charge < -0.3 is 9.23 Å². The van der Waals surface area contributed by atoms with Gasteiger partial charge in [-0.05, 0) is 55.3 Å². The van der Waals surface area contributed by atoms with Crippen LogP contribution in [0.5, 0.6) is 0 Å². The Morgan fingerprint density at radius 3 is 2.08 bits per heavy atom. The van der Waals surface area contributed by atoms with E-state index in [-0.39, 0.29) is 23.9 Å². The number of hydrogen-bond donors (Lipinski definition) is 1. The molecule has 0 aliphatic heterocycles. The topological polar surface area (TPSA) is 112 Å². The largest absolute Gasteiger partial charge is 0.480 e. The molecule has 0 heterocycles. The van der Waals surface area contributed by atoms with E-state index in [0.717, 1.165) is 6.42 Å². The van der Waals surface area contributed by atoms with E-state index < -0.39 is 31.9 Å². The highest BCUT2D eigenvalue weighted by Gasteiger charge is 2.56. The molecule has 0 radical (unpaired) electrons. The highest BCUT2D eigenvalue weighted by Crippen LogP contribution is 2.60. The molecule has 4 fully saturated rings. The second-order valence-corrected chi connectivity index (χ2v) is 10.2. The van der Waals surface area contributed by atoms with Crippen LogP contribution in [0, 0.1) is 23.2 Å². The van der Waals surface area contributed by atoms with Gasteiger partial charge in [0.15, 0.2) is 10.0 Å². The van der Waals surface area contributed by atoms with Gasteiger partial charge in [-0.2, -0.15) is 13.2 Å². The van der Waals surface area contributed by atoms with Crippen LogP contribution in [-0.4, -0.2) is 40.2 Å². The van der Waals surface area contributed by atoms with Crippen LogP contribution in [0.1, 0.15) is 32.1 Å². The summed E-state index contributed by atoms with van der Waals surface area (Å²) < 4.78 is 88.9. The first kappa shape index (κ1) is 18.4. The van der Waals surface area contributed by atoms with E-state index in [0.29, 0.717) is 31.6 Å². The molecule has 24 heavy (non-hydrogen) atoms. The maximum Gasteiger partial charge on any atom is 0.480 e. The van der Waals surface area contributed by atoms with Crippen molar-refractivity contribution in [2.75, 3.05) is 6.61 Å². The van der Waals surface area contributed by atoms with Crippen molar-refractivity contribution in [3.63, 3.8) is 0 Å². The van der Waals surface area contributed by atoms with E-state index >= 15 is 0 Å². The average molecular weight is 392 g/mol. The maximum atomic E-state index is 12.3. The van der Waals surface area contributed by atoms with E-state index in [1.54, 1.807) is 0 Å². The van der Waals surface area contributed by atoms with Gasteiger partial charge in [0.25, 0.3) is 0 Å². The van der Waals surface area contributed by atoms with Crippen LogP contribution in [0.15, 0.2) is 0 Å². The SMILES string of the molecule is O=S(=O)([N-]S(=O)(=O)C(F)(F)F)OC1C2CC3CC1CC(CO)(C3)C2. The monoisotopic (exact) mass is 392 g/mol. The summed E-state index contributed by atoms with van der Waals surface area (Å²) in [5, 5.41) is 9.61. The van der Waals surface area contributed by atoms with Gasteiger partial charge in [-0.25, -0.2) is 16.8 Å². The molecule has 2 atom stereocenters. The van der Waals surface area contributed by atoms with Crippen molar-refractivity contribution in [1.82, 2.24) is 0 Å². The molecular formula is C12H17F3NO6S2-. The van der Waals surface area contributed by atoms with Crippen LogP contribution >= 0.6 is 0 Å². The van der Waals surface area contributed by atoms with Crippen molar-refractivity contribution in [3.05, 3.63) is 4.13 Å². The Morgan fingerprint density at radius 2 is 1.62 bits per heavy atom. The van der Waals surface area contributed by atoms with Gasteiger partial charge in [0.05, 0.1) is 6.10 Å². The second kappa shape index (κ2) is 5.53. The molecule has 12 heteroatoms. The lowest BCUT2D eigenvalue weighted by molar-refractivity contribution is -0.137. The van der Waals surface area contributed by atoms with Gasteiger partial charge in [0.2, 0.25) is 10.3 Å². The standard InChI is InChI=1S/C12H17F3NO6S2/c13-12(14,15)23(18,19)16-24(20,21)22-10-8-1-7-2-9(10)5-11(3-7,4-8)6-17/h7-10,17H,1-6H2/q-1. The lowest BCUT2D eigenvalue weighted by atomic mass is 9.49. The van der Waals surface area contributed by atoms with Crippen LogP contribution in [0.3, 0.4) is 0 Å². The van der Waals surface area contributed by atoms with Crippen molar-refractivity contribution in [2.24, 2.45) is 23.2 Å². The zero-order valence-electron chi connectivity index (χ0n) is 12.4. The van der Waals surface area contributed by atoms with Crippen LogP contribution in [-0.2, 0) is 24.5 Å². The molecule has 2 unspecified atom stereocenters. The summed E-state index contributed by atoms with van der Waals surface area (Å²) in [6, 6.07) is 0. The van der Waals surface area contributed by atoms with Gasteiger partial charge >= 0.3 is 5.51 Å². The summed E-state index contributed by atoms with van der Waals surface area (Å²) in [6.07, 6.45) is 2.31. The summed E-state index contributed by atoms with van der Waals surface area (Å²) in [6.45, 7) is -0.0250. The number of alkyl halides is 3. The number of hydrogen-bond acceptors (Lipinski definition) is 6. The molecule has 0 aromatic carbocycles. The Morgan fingerprint density at radius 1 is 1.08 bits per heavy atom. The third kappa shape index (κ3) is 3.18. The Balaban J connectivity index is 1.75. The average Bonchev–Trinajstić information content (AvgIpc) is 2.40. The summed E-state index contributed by atoms with van der Waals surface area (Å²) in [5.41, 5.74) is -6.08.